The highest BCUT2D eigenvalue weighted by Gasteiger charge is 2.32. The van der Waals surface area contributed by atoms with Crippen LogP contribution < -0.4 is 10.2 Å². The highest BCUT2D eigenvalue weighted by molar-refractivity contribution is 6.06. The van der Waals surface area contributed by atoms with E-state index in [0.29, 0.717) is 23.4 Å². The van der Waals surface area contributed by atoms with Crippen LogP contribution in [-0.4, -0.2) is 22.8 Å². The largest absolute Gasteiger partial charge is 0.324 e. The van der Waals surface area contributed by atoms with Crippen LogP contribution in [-0.2, 0) is 16.0 Å². The highest BCUT2D eigenvalue weighted by atomic mass is 19.1. The summed E-state index contributed by atoms with van der Waals surface area (Å²) in [4.78, 5) is 36.7. The van der Waals surface area contributed by atoms with Crippen LogP contribution in [0.4, 0.5) is 21.5 Å². The molecule has 1 unspecified atom stereocenters. The molecule has 134 valence electrons. The Kier molecular flexibility index (Phi) is 4.66. The van der Waals surface area contributed by atoms with Crippen molar-refractivity contribution in [1.29, 1.82) is 0 Å². The van der Waals surface area contributed by atoms with Gasteiger partial charge in [0.25, 0.3) is 5.69 Å². The van der Waals surface area contributed by atoms with Gasteiger partial charge in [-0.15, -0.1) is 0 Å². The number of nitrogens with one attached hydrogen (secondary N) is 1. The Hall–Kier alpha value is -3.29. The van der Waals surface area contributed by atoms with Crippen LogP contribution in [0, 0.1) is 15.9 Å². The lowest BCUT2D eigenvalue weighted by Gasteiger charge is -2.33. The van der Waals surface area contributed by atoms with Gasteiger partial charge in [0.15, 0.2) is 0 Å². The van der Waals surface area contributed by atoms with Crippen LogP contribution in [0.2, 0.25) is 0 Å². The third-order valence-electron chi connectivity index (χ3n) is 4.29. The predicted octanol–water partition coefficient (Wildman–Crippen LogP) is 3.04. The maximum Gasteiger partial charge on any atom is 0.269 e. The SMILES string of the molecule is CC(C(=O)Nc1ccc(F)cc1)N1C(=O)CCc2cc([N+](=O)[O-])ccc21. The van der Waals surface area contributed by atoms with E-state index in [9.17, 15) is 24.1 Å². The Labute approximate surface area is 148 Å². The fourth-order valence-electron chi connectivity index (χ4n) is 2.94. The second-order valence-electron chi connectivity index (χ2n) is 6.01. The van der Waals surface area contributed by atoms with Crippen LogP contribution in [0.5, 0.6) is 0 Å². The first-order chi connectivity index (χ1) is 12.4. The van der Waals surface area contributed by atoms with Gasteiger partial charge in [-0.25, -0.2) is 4.39 Å². The van der Waals surface area contributed by atoms with Crippen LogP contribution in [0.15, 0.2) is 42.5 Å². The fraction of sp³-hybridized carbons (Fsp3) is 0.222. The van der Waals surface area contributed by atoms with Crippen LogP contribution >= 0.6 is 0 Å². The van der Waals surface area contributed by atoms with Crippen molar-refractivity contribution >= 4 is 28.9 Å². The summed E-state index contributed by atoms with van der Waals surface area (Å²) in [6.07, 6.45) is 0.557. The van der Waals surface area contributed by atoms with E-state index in [1.54, 1.807) is 6.92 Å². The molecule has 0 saturated heterocycles. The van der Waals surface area contributed by atoms with E-state index in [0.717, 1.165) is 0 Å². The molecule has 0 saturated carbocycles. The third-order valence-corrected chi connectivity index (χ3v) is 4.29. The number of halogens is 1. The molecule has 2 aromatic rings. The Balaban J connectivity index is 1.85. The number of fused-ring (bicyclic) bond motifs is 1. The molecule has 1 atom stereocenters. The Bertz CT molecular complexity index is 883. The smallest absolute Gasteiger partial charge is 0.269 e. The lowest BCUT2D eigenvalue weighted by atomic mass is 9.98. The van der Waals surface area contributed by atoms with Crippen molar-refractivity contribution in [1.82, 2.24) is 0 Å². The molecule has 0 spiro atoms. The van der Waals surface area contributed by atoms with Gasteiger partial charge in [0.2, 0.25) is 11.8 Å². The Morgan fingerprint density at radius 1 is 1.23 bits per heavy atom. The molecule has 2 amide bonds. The molecule has 1 aliphatic heterocycles. The van der Waals surface area contributed by atoms with E-state index >= 15 is 0 Å². The summed E-state index contributed by atoms with van der Waals surface area (Å²) in [5.41, 5.74) is 1.51. The molecule has 0 aliphatic carbocycles. The highest BCUT2D eigenvalue weighted by Crippen LogP contribution is 2.32. The average Bonchev–Trinajstić information content (AvgIpc) is 2.62. The number of nitro groups is 1. The van der Waals surface area contributed by atoms with Crippen molar-refractivity contribution in [3.8, 4) is 0 Å². The van der Waals surface area contributed by atoms with Crippen molar-refractivity contribution in [3.05, 3.63) is 64.0 Å². The summed E-state index contributed by atoms with van der Waals surface area (Å²) < 4.78 is 13.0. The van der Waals surface area contributed by atoms with Gasteiger partial charge in [0.05, 0.1) is 4.92 Å². The minimum Gasteiger partial charge on any atom is -0.324 e. The maximum atomic E-state index is 13.0. The summed E-state index contributed by atoms with van der Waals surface area (Å²) in [6, 6.07) is 8.71. The Morgan fingerprint density at radius 2 is 1.92 bits per heavy atom. The van der Waals surface area contributed by atoms with Crippen molar-refractivity contribution in [2.75, 3.05) is 10.2 Å². The lowest BCUT2D eigenvalue weighted by Crippen LogP contribution is -2.48. The van der Waals surface area contributed by atoms with Crippen LogP contribution in [0.3, 0.4) is 0 Å². The normalized spacial score (nSPS) is 14.5. The van der Waals surface area contributed by atoms with Gasteiger partial charge in [-0.3, -0.25) is 24.6 Å². The first kappa shape index (κ1) is 17.5. The second-order valence-corrected chi connectivity index (χ2v) is 6.01. The van der Waals surface area contributed by atoms with Gasteiger partial charge >= 0.3 is 0 Å². The number of hydrogen-bond donors (Lipinski definition) is 1. The molecule has 7 nitrogen and oxygen atoms in total. The second kappa shape index (κ2) is 6.91. The molecule has 0 radical (unpaired) electrons. The summed E-state index contributed by atoms with van der Waals surface area (Å²) in [7, 11) is 0. The van der Waals surface area contributed by atoms with E-state index in [1.165, 1.54) is 47.4 Å². The summed E-state index contributed by atoms with van der Waals surface area (Å²) in [6.45, 7) is 1.58. The summed E-state index contributed by atoms with van der Waals surface area (Å²) in [5, 5.41) is 13.6. The molecule has 0 aromatic heterocycles. The zero-order valence-corrected chi connectivity index (χ0v) is 13.9. The van der Waals surface area contributed by atoms with E-state index in [1.807, 2.05) is 0 Å². The van der Waals surface area contributed by atoms with Crippen molar-refractivity contribution in [2.24, 2.45) is 0 Å². The number of anilines is 2. The van der Waals surface area contributed by atoms with Gasteiger partial charge in [-0.1, -0.05) is 0 Å². The Morgan fingerprint density at radius 3 is 2.58 bits per heavy atom. The number of carbonyl (C=O) groups excluding carboxylic acids is 2. The summed E-state index contributed by atoms with van der Waals surface area (Å²) in [5.74, 6) is -1.08. The topological polar surface area (TPSA) is 92.6 Å². The molecular formula is C18H16FN3O4. The lowest BCUT2D eigenvalue weighted by molar-refractivity contribution is -0.384. The number of aryl methyl sites for hydroxylation is 1. The first-order valence-corrected chi connectivity index (χ1v) is 8.02. The molecule has 0 fully saturated rings. The van der Waals surface area contributed by atoms with E-state index < -0.39 is 22.7 Å². The molecule has 3 rings (SSSR count). The molecule has 1 heterocycles. The molecule has 1 N–H and O–H groups in total. The minimum atomic E-state index is -0.826. The van der Waals surface area contributed by atoms with Crippen molar-refractivity contribution in [3.63, 3.8) is 0 Å². The molecule has 2 aromatic carbocycles. The number of carbonyl (C=O) groups is 2. The quantitative estimate of drug-likeness (QED) is 0.672. The van der Waals surface area contributed by atoms with Gasteiger partial charge in [0, 0.05) is 29.9 Å². The maximum absolute atomic E-state index is 13.0. The number of hydrogen-bond acceptors (Lipinski definition) is 4. The fourth-order valence-corrected chi connectivity index (χ4v) is 2.94. The molecule has 0 bridgehead atoms. The number of rotatable bonds is 4. The third kappa shape index (κ3) is 3.39. The summed E-state index contributed by atoms with van der Waals surface area (Å²) >= 11 is 0. The standard InChI is InChI=1S/C18H16FN3O4/c1-11(18(24)20-14-5-3-13(19)4-6-14)21-16-8-7-15(22(25)26)10-12(16)2-9-17(21)23/h3-8,10-11H,2,9H2,1H3,(H,20,24). The number of nitro benzene ring substituents is 1. The number of amides is 2. The van der Waals surface area contributed by atoms with E-state index in [4.69, 9.17) is 0 Å². The first-order valence-electron chi connectivity index (χ1n) is 8.02. The molecule has 26 heavy (non-hydrogen) atoms. The molecule has 1 aliphatic rings. The zero-order valence-electron chi connectivity index (χ0n) is 13.9. The van der Waals surface area contributed by atoms with Gasteiger partial charge < -0.3 is 5.32 Å². The zero-order chi connectivity index (χ0) is 18.8. The van der Waals surface area contributed by atoms with E-state index in [2.05, 4.69) is 5.32 Å². The van der Waals surface area contributed by atoms with Crippen molar-refractivity contribution in [2.45, 2.75) is 25.8 Å². The van der Waals surface area contributed by atoms with Crippen molar-refractivity contribution < 1.29 is 18.9 Å². The number of non-ortho nitro benzene ring substituents is 1. The molecular weight excluding hydrogens is 341 g/mol. The van der Waals surface area contributed by atoms with Gasteiger partial charge in [-0.05, 0) is 49.2 Å². The molecule has 8 heteroatoms. The van der Waals surface area contributed by atoms with Crippen LogP contribution in [0.1, 0.15) is 18.9 Å². The minimum absolute atomic E-state index is 0.0542. The van der Waals surface area contributed by atoms with Crippen LogP contribution in [0.25, 0.3) is 0 Å². The van der Waals surface area contributed by atoms with Gasteiger partial charge in [-0.2, -0.15) is 0 Å². The average molecular weight is 357 g/mol. The van der Waals surface area contributed by atoms with E-state index in [-0.39, 0.29) is 18.0 Å². The predicted molar refractivity (Wildman–Crippen MR) is 93.4 cm³/mol. The monoisotopic (exact) mass is 357 g/mol. The van der Waals surface area contributed by atoms with Gasteiger partial charge in [0.1, 0.15) is 11.9 Å². The number of nitrogens with zero attached hydrogens (tertiary/aromatic N) is 2. The number of benzene rings is 2.